The molecule has 0 amide bonds. The molecule has 0 aliphatic carbocycles. The van der Waals surface area contributed by atoms with E-state index in [1.165, 1.54) is 0 Å². The van der Waals surface area contributed by atoms with Crippen LogP contribution in [0.25, 0.3) is 6.08 Å². The molecule has 0 aliphatic heterocycles. The molecule has 13 heavy (non-hydrogen) atoms. The largest absolute Gasteiger partial charge is 0.396 e. The number of nitrogens with zero attached hydrogens (tertiary/aromatic N) is 1. The van der Waals surface area contributed by atoms with E-state index in [1.54, 1.807) is 6.20 Å². The quantitative estimate of drug-likeness (QED) is 0.700. The fourth-order valence-corrected chi connectivity index (χ4v) is 1.07. The first kappa shape index (κ1) is 9.93. The van der Waals surface area contributed by atoms with Gasteiger partial charge in [-0.2, -0.15) is 0 Å². The second kappa shape index (κ2) is 6.38. The van der Waals surface area contributed by atoms with E-state index >= 15 is 0 Å². The third kappa shape index (κ3) is 4.43. The van der Waals surface area contributed by atoms with Gasteiger partial charge in [0.15, 0.2) is 0 Å². The first-order valence-corrected chi connectivity index (χ1v) is 4.61. The minimum atomic E-state index is 0.292. The van der Waals surface area contributed by atoms with Crippen molar-refractivity contribution >= 4 is 6.08 Å². The van der Waals surface area contributed by atoms with Crippen molar-refractivity contribution in [3.05, 3.63) is 36.2 Å². The Morgan fingerprint density at radius 2 is 2.31 bits per heavy atom. The molecule has 0 aromatic carbocycles. The van der Waals surface area contributed by atoms with Gasteiger partial charge in [0.2, 0.25) is 0 Å². The lowest BCUT2D eigenvalue weighted by Gasteiger charge is -1.92. The summed E-state index contributed by atoms with van der Waals surface area (Å²) >= 11 is 0. The summed E-state index contributed by atoms with van der Waals surface area (Å²) in [5, 5.41) is 8.55. The van der Waals surface area contributed by atoms with Crippen LogP contribution in [-0.4, -0.2) is 16.7 Å². The van der Waals surface area contributed by atoms with Crippen LogP contribution in [-0.2, 0) is 0 Å². The van der Waals surface area contributed by atoms with Gasteiger partial charge in [0.25, 0.3) is 0 Å². The lowest BCUT2D eigenvalue weighted by Crippen LogP contribution is -1.80. The van der Waals surface area contributed by atoms with Gasteiger partial charge in [-0.15, -0.1) is 0 Å². The highest BCUT2D eigenvalue weighted by Crippen LogP contribution is 2.02. The monoisotopic (exact) mass is 177 g/mol. The van der Waals surface area contributed by atoms with E-state index in [0.29, 0.717) is 6.61 Å². The number of rotatable bonds is 5. The van der Waals surface area contributed by atoms with Crippen LogP contribution in [0.5, 0.6) is 0 Å². The Bertz CT molecular complexity index is 244. The van der Waals surface area contributed by atoms with E-state index in [1.807, 2.05) is 18.3 Å². The number of allylic oxidation sites excluding steroid dienone is 1. The van der Waals surface area contributed by atoms with Gasteiger partial charge in [0, 0.05) is 19.0 Å². The van der Waals surface area contributed by atoms with Crippen LogP contribution >= 0.6 is 0 Å². The summed E-state index contributed by atoms with van der Waals surface area (Å²) in [5.74, 6) is 0. The number of hydrogen-bond donors (Lipinski definition) is 1. The van der Waals surface area contributed by atoms with Crippen molar-refractivity contribution in [2.45, 2.75) is 19.3 Å². The zero-order chi connectivity index (χ0) is 9.36. The van der Waals surface area contributed by atoms with Crippen LogP contribution < -0.4 is 0 Å². The molecule has 0 radical (unpaired) electrons. The molecule has 0 atom stereocenters. The van der Waals surface area contributed by atoms with Gasteiger partial charge in [-0.3, -0.25) is 4.98 Å². The number of hydrogen-bond acceptors (Lipinski definition) is 2. The molecule has 2 heteroatoms. The highest BCUT2D eigenvalue weighted by atomic mass is 16.2. The van der Waals surface area contributed by atoms with E-state index in [9.17, 15) is 0 Å². The molecular weight excluding hydrogens is 162 g/mol. The van der Waals surface area contributed by atoms with Crippen molar-refractivity contribution < 1.29 is 5.11 Å². The molecule has 0 aliphatic rings. The molecule has 2 nitrogen and oxygen atoms in total. The minimum Gasteiger partial charge on any atom is -0.396 e. The van der Waals surface area contributed by atoms with Crippen molar-refractivity contribution in [1.29, 1.82) is 0 Å². The van der Waals surface area contributed by atoms with Crippen molar-refractivity contribution in [3.63, 3.8) is 0 Å². The summed E-state index contributed by atoms with van der Waals surface area (Å²) in [4.78, 5) is 4.01. The Hall–Kier alpha value is -1.15. The van der Waals surface area contributed by atoms with Crippen molar-refractivity contribution in [2.24, 2.45) is 0 Å². The van der Waals surface area contributed by atoms with Crippen LogP contribution in [0.1, 0.15) is 24.8 Å². The van der Waals surface area contributed by atoms with Gasteiger partial charge < -0.3 is 5.11 Å². The summed E-state index contributed by atoms with van der Waals surface area (Å²) < 4.78 is 0. The maximum absolute atomic E-state index is 8.55. The number of aromatic nitrogens is 1. The molecule has 0 spiro atoms. The van der Waals surface area contributed by atoms with Crippen molar-refractivity contribution in [2.75, 3.05) is 6.61 Å². The maximum atomic E-state index is 8.55. The molecule has 70 valence electrons. The topological polar surface area (TPSA) is 33.1 Å². The Morgan fingerprint density at radius 1 is 1.38 bits per heavy atom. The molecule has 1 heterocycles. The molecule has 0 unspecified atom stereocenters. The molecule has 1 rings (SSSR count). The predicted octanol–water partition coefficient (Wildman–Crippen LogP) is 2.26. The van der Waals surface area contributed by atoms with E-state index in [0.717, 1.165) is 24.8 Å². The fraction of sp³-hybridized carbons (Fsp3) is 0.364. The van der Waals surface area contributed by atoms with Crippen molar-refractivity contribution in [3.8, 4) is 0 Å². The number of pyridine rings is 1. The molecule has 0 fully saturated rings. The second-order valence-electron chi connectivity index (χ2n) is 2.91. The van der Waals surface area contributed by atoms with Crippen LogP contribution in [0.3, 0.4) is 0 Å². The third-order valence-corrected chi connectivity index (χ3v) is 1.77. The summed E-state index contributed by atoms with van der Waals surface area (Å²) in [5.41, 5.74) is 1.13. The van der Waals surface area contributed by atoms with E-state index in [2.05, 4.69) is 17.1 Å². The van der Waals surface area contributed by atoms with E-state index < -0.39 is 0 Å². The lowest BCUT2D eigenvalue weighted by molar-refractivity contribution is 0.285. The first-order chi connectivity index (χ1) is 6.43. The van der Waals surface area contributed by atoms with E-state index in [-0.39, 0.29) is 0 Å². The van der Waals surface area contributed by atoms with Gasteiger partial charge >= 0.3 is 0 Å². The molecular formula is C11H15NO. The SMILES string of the molecule is OCCCCC=Cc1cccnc1. The molecule has 0 saturated heterocycles. The highest BCUT2D eigenvalue weighted by molar-refractivity contribution is 5.46. The van der Waals surface area contributed by atoms with Gasteiger partial charge in [-0.05, 0) is 30.9 Å². The van der Waals surface area contributed by atoms with Gasteiger partial charge in [0.05, 0.1) is 0 Å². The minimum absolute atomic E-state index is 0.292. The lowest BCUT2D eigenvalue weighted by atomic mass is 10.2. The number of aliphatic hydroxyl groups excluding tert-OH is 1. The van der Waals surface area contributed by atoms with Crippen LogP contribution in [0.15, 0.2) is 30.6 Å². The third-order valence-electron chi connectivity index (χ3n) is 1.77. The zero-order valence-corrected chi connectivity index (χ0v) is 7.69. The smallest absolute Gasteiger partial charge is 0.0431 e. The highest BCUT2D eigenvalue weighted by Gasteiger charge is 1.84. The second-order valence-corrected chi connectivity index (χ2v) is 2.91. The van der Waals surface area contributed by atoms with Gasteiger partial charge in [-0.25, -0.2) is 0 Å². The first-order valence-electron chi connectivity index (χ1n) is 4.61. The normalized spacial score (nSPS) is 10.8. The summed E-state index contributed by atoms with van der Waals surface area (Å²) in [6.45, 7) is 0.292. The van der Waals surface area contributed by atoms with E-state index in [4.69, 9.17) is 5.11 Å². The van der Waals surface area contributed by atoms with Crippen LogP contribution in [0.4, 0.5) is 0 Å². The van der Waals surface area contributed by atoms with Crippen LogP contribution in [0, 0.1) is 0 Å². The Labute approximate surface area is 78.9 Å². The maximum Gasteiger partial charge on any atom is 0.0431 e. The fourth-order valence-electron chi connectivity index (χ4n) is 1.07. The molecule has 1 N–H and O–H groups in total. The molecule has 1 aromatic heterocycles. The summed E-state index contributed by atoms with van der Waals surface area (Å²) in [6.07, 6.45) is 10.7. The molecule has 0 bridgehead atoms. The number of unbranched alkanes of at least 4 members (excludes halogenated alkanes) is 2. The summed E-state index contributed by atoms with van der Waals surface area (Å²) in [6, 6.07) is 3.95. The average Bonchev–Trinajstić information content (AvgIpc) is 2.19. The molecule has 0 saturated carbocycles. The zero-order valence-electron chi connectivity index (χ0n) is 7.69. The Morgan fingerprint density at radius 3 is 3.00 bits per heavy atom. The molecule has 1 aromatic rings. The Balaban J connectivity index is 2.25. The Kier molecular flexibility index (Phi) is 4.87. The predicted molar refractivity (Wildman–Crippen MR) is 54.2 cm³/mol. The van der Waals surface area contributed by atoms with Crippen LogP contribution in [0.2, 0.25) is 0 Å². The summed E-state index contributed by atoms with van der Waals surface area (Å²) in [7, 11) is 0. The standard InChI is InChI=1S/C11H15NO/c13-9-4-2-1-3-6-11-7-5-8-12-10-11/h3,5-8,10,13H,1-2,4,9H2. The number of aliphatic hydroxyl groups is 1. The van der Waals surface area contributed by atoms with Gasteiger partial charge in [0.1, 0.15) is 0 Å². The van der Waals surface area contributed by atoms with Crippen molar-refractivity contribution in [1.82, 2.24) is 4.98 Å². The van der Waals surface area contributed by atoms with Gasteiger partial charge in [-0.1, -0.05) is 18.2 Å². The average molecular weight is 177 g/mol.